The van der Waals surface area contributed by atoms with Crippen LogP contribution < -0.4 is 11.1 Å². The minimum Gasteiger partial charge on any atom is -0.397 e. The van der Waals surface area contributed by atoms with Crippen molar-refractivity contribution in [2.45, 2.75) is 27.7 Å². The van der Waals surface area contributed by atoms with Gasteiger partial charge in [-0.25, -0.2) is 4.98 Å². The third kappa shape index (κ3) is 3.63. The molecule has 1 atom stereocenters. The summed E-state index contributed by atoms with van der Waals surface area (Å²) in [7, 11) is 0. The Kier molecular flexibility index (Phi) is 3.95. The van der Waals surface area contributed by atoms with E-state index in [0.29, 0.717) is 23.0 Å². The van der Waals surface area contributed by atoms with Gasteiger partial charge in [0.2, 0.25) is 0 Å². The molecule has 0 aliphatic carbocycles. The van der Waals surface area contributed by atoms with Gasteiger partial charge >= 0.3 is 0 Å². The van der Waals surface area contributed by atoms with Gasteiger partial charge in [0, 0.05) is 6.54 Å². The third-order valence-corrected chi connectivity index (χ3v) is 3.08. The average Bonchev–Trinajstić information content (AvgIpc) is 2.25. The Bertz CT molecular complexity index is 426. The molecule has 0 amide bonds. The van der Waals surface area contributed by atoms with Gasteiger partial charge in [0.15, 0.2) is 0 Å². The maximum atomic E-state index is 8.98. The summed E-state index contributed by atoms with van der Waals surface area (Å²) in [5.41, 5.74) is 6.82. The second-order valence-corrected chi connectivity index (χ2v) is 5.42. The first-order valence-electron chi connectivity index (χ1n) is 5.74. The molecule has 4 heteroatoms. The van der Waals surface area contributed by atoms with Crippen LogP contribution >= 0.6 is 0 Å². The van der Waals surface area contributed by atoms with E-state index in [0.717, 1.165) is 6.54 Å². The van der Waals surface area contributed by atoms with E-state index in [1.807, 2.05) is 0 Å². The van der Waals surface area contributed by atoms with Crippen LogP contribution in [0.4, 0.5) is 11.5 Å². The number of nitriles is 1. The van der Waals surface area contributed by atoms with Crippen LogP contribution in [0.3, 0.4) is 0 Å². The molecule has 3 N–H and O–H groups in total. The summed E-state index contributed by atoms with van der Waals surface area (Å²) in [5, 5.41) is 12.2. The summed E-state index contributed by atoms with van der Waals surface area (Å²) in [6, 6.07) is 3.73. The number of pyridine rings is 1. The van der Waals surface area contributed by atoms with Gasteiger partial charge in [-0.05, 0) is 17.4 Å². The zero-order valence-corrected chi connectivity index (χ0v) is 10.9. The molecule has 17 heavy (non-hydrogen) atoms. The van der Waals surface area contributed by atoms with E-state index in [1.54, 1.807) is 12.3 Å². The fourth-order valence-electron chi connectivity index (χ4n) is 1.26. The van der Waals surface area contributed by atoms with Gasteiger partial charge in [-0.2, -0.15) is 5.26 Å². The number of nitrogens with one attached hydrogen (secondary N) is 1. The van der Waals surface area contributed by atoms with Crippen LogP contribution in [-0.2, 0) is 0 Å². The van der Waals surface area contributed by atoms with Crippen molar-refractivity contribution < 1.29 is 0 Å². The van der Waals surface area contributed by atoms with Crippen LogP contribution in [0.1, 0.15) is 33.3 Å². The largest absolute Gasteiger partial charge is 0.397 e. The first-order valence-corrected chi connectivity index (χ1v) is 5.74. The Hall–Kier alpha value is -1.76. The van der Waals surface area contributed by atoms with Crippen LogP contribution in [0.25, 0.3) is 0 Å². The molecule has 0 aromatic carbocycles. The highest BCUT2D eigenvalue weighted by Gasteiger charge is 2.20. The molecule has 0 spiro atoms. The minimum absolute atomic E-state index is 0.230. The summed E-state index contributed by atoms with van der Waals surface area (Å²) >= 11 is 0. The lowest BCUT2D eigenvalue weighted by Crippen LogP contribution is -2.25. The monoisotopic (exact) mass is 232 g/mol. The number of nitrogens with two attached hydrogens (primary N) is 1. The van der Waals surface area contributed by atoms with E-state index < -0.39 is 0 Å². The molecule has 92 valence electrons. The van der Waals surface area contributed by atoms with Gasteiger partial charge in [0.05, 0.1) is 17.4 Å². The van der Waals surface area contributed by atoms with Gasteiger partial charge in [-0.15, -0.1) is 0 Å². The zero-order valence-electron chi connectivity index (χ0n) is 10.9. The molecule has 0 radical (unpaired) electrons. The average molecular weight is 232 g/mol. The number of hydrogen-bond acceptors (Lipinski definition) is 4. The standard InChI is InChI=1S/C13H20N4/c1-9(13(2,3)4)7-16-12-10(6-14)5-11(15)8-17-12/h5,8-9H,7,15H2,1-4H3,(H,16,17). The molecule has 0 aliphatic heterocycles. The lowest BCUT2D eigenvalue weighted by molar-refractivity contribution is 0.274. The molecule has 1 aromatic rings. The maximum absolute atomic E-state index is 8.98. The number of rotatable bonds is 3. The van der Waals surface area contributed by atoms with Gasteiger partial charge in [-0.1, -0.05) is 27.7 Å². The quantitative estimate of drug-likeness (QED) is 0.840. The van der Waals surface area contributed by atoms with Gasteiger partial charge < -0.3 is 11.1 Å². The Morgan fingerprint density at radius 1 is 1.53 bits per heavy atom. The van der Waals surface area contributed by atoms with E-state index in [-0.39, 0.29) is 5.41 Å². The number of nitrogen functional groups attached to an aromatic ring is 1. The fourth-order valence-corrected chi connectivity index (χ4v) is 1.26. The summed E-state index contributed by atoms with van der Waals surface area (Å²) in [6.07, 6.45) is 1.56. The summed E-state index contributed by atoms with van der Waals surface area (Å²) in [6.45, 7) is 9.55. The predicted octanol–water partition coefficient (Wildman–Crippen LogP) is 2.63. The molecule has 1 aromatic heterocycles. The maximum Gasteiger partial charge on any atom is 0.144 e. The van der Waals surface area contributed by atoms with Crippen molar-refractivity contribution in [3.63, 3.8) is 0 Å². The molecular weight excluding hydrogens is 212 g/mol. The third-order valence-electron chi connectivity index (χ3n) is 3.08. The van der Waals surface area contributed by atoms with Crippen molar-refractivity contribution in [1.82, 2.24) is 4.98 Å². The SMILES string of the molecule is CC(CNc1ncc(N)cc1C#N)C(C)(C)C. The highest BCUT2D eigenvalue weighted by Crippen LogP contribution is 2.25. The molecule has 0 fully saturated rings. The summed E-state index contributed by atoms with van der Waals surface area (Å²) in [4.78, 5) is 4.14. The van der Waals surface area contributed by atoms with Crippen LogP contribution in [0, 0.1) is 22.7 Å². The lowest BCUT2D eigenvalue weighted by Gasteiger charge is -2.27. The molecule has 0 bridgehead atoms. The minimum atomic E-state index is 0.230. The normalized spacial score (nSPS) is 12.9. The molecule has 1 heterocycles. The lowest BCUT2D eigenvalue weighted by atomic mass is 9.82. The second-order valence-electron chi connectivity index (χ2n) is 5.42. The fraction of sp³-hybridized carbons (Fsp3) is 0.538. The van der Waals surface area contributed by atoms with E-state index in [2.05, 4.69) is 44.1 Å². The highest BCUT2D eigenvalue weighted by atomic mass is 15.0. The first kappa shape index (κ1) is 13.3. The number of aromatic nitrogens is 1. The molecule has 1 rings (SSSR count). The predicted molar refractivity (Wildman–Crippen MR) is 70.5 cm³/mol. The van der Waals surface area contributed by atoms with Crippen LogP contribution in [0.15, 0.2) is 12.3 Å². The zero-order chi connectivity index (χ0) is 13.1. The Morgan fingerprint density at radius 2 is 2.18 bits per heavy atom. The van der Waals surface area contributed by atoms with Crippen LogP contribution in [0.2, 0.25) is 0 Å². The molecule has 0 saturated heterocycles. The van der Waals surface area contributed by atoms with E-state index in [1.165, 1.54) is 0 Å². The van der Waals surface area contributed by atoms with Crippen molar-refractivity contribution in [3.8, 4) is 6.07 Å². The van der Waals surface area contributed by atoms with Crippen molar-refractivity contribution in [3.05, 3.63) is 17.8 Å². The number of hydrogen-bond donors (Lipinski definition) is 2. The summed E-state index contributed by atoms with van der Waals surface area (Å²) in [5.74, 6) is 1.09. The van der Waals surface area contributed by atoms with Gasteiger partial charge in [0.1, 0.15) is 11.9 Å². The topological polar surface area (TPSA) is 74.7 Å². The van der Waals surface area contributed by atoms with Crippen LogP contribution in [0.5, 0.6) is 0 Å². The van der Waals surface area contributed by atoms with Crippen molar-refractivity contribution in [2.24, 2.45) is 11.3 Å². The smallest absolute Gasteiger partial charge is 0.144 e. The number of nitrogens with zero attached hydrogens (tertiary/aromatic N) is 2. The second kappa shape index (κ2) is 5.05. The van der Waals surface area contributed by atoms with Gasteiger partial charge in [-0.3, -0.25) is 0 Å². The van der Waals surface area contributed by atoms with Crippen molar-refractivity contribution in [1.29, 1.82) is 5.26 Å². The Labute approximate surface area is 103 Å². The van der Waals surface area contributed by atoms with Crippen LogP contribution in [-0.4, -0.2) is 11.5 Å². The van der Waals surface area contributed by atoms with E-state index in [9.17, 15) is 0 Å². The molecule has 4 nitrogen and oxygen atoms in total. The molecule has 1 unspecified atom stereocenters. The van der Waals surface area contributed by atoms with Crippen molar-refractivity contribution >= 4 is 11.5 Å². The van der Waals surface area contributed by atoms with Crippen molar-refractivity contribution in [2.75, 3.05) is 17.6 Å². The van der Waals surface area contributed by atoms with Gasteiger partial charge in [0.25, 0.3) is 0 Å². The highest BCUT2D eigenvalue weighted by molar-refractivity contribution is 5.57. The first-order chi connectivity index (χ1) is 7.84. The Balaban J connectivity index is 2.74. The number of anilines is 2. The van der Waals surface area contributed by atoms with E-state index >= 15 is 0 Å². The Morgan fingerprint density at radius 3 is 2.71 bits per heavy atom. The molecule has 0 aliphatic rings. The summed E-state index contributed by atoms with van der Waals surface area (Å²) < 4.78 is 0. The molecule has 0 saturated carbocycles. The van der Waals surface area contributed by atoms with E-state index in [4.69, 9.17) is 11.0 Å². The molecular formula is C13H20N4.